The van der Waals surface area contributed by atoms with Crippen molar-refractivity contribution in [1.82, 2.24) is 14.8 Å². The smallest absolute Gasteiger partial charge is 0.160 e. The van der Waals surface area contributed by atoms with Crippen LogP contribution in [0.15, 0.2) is 41.4 Å². The Labute approximate surface area is 169 Å². The maximum Gasteiger partial charge on any atom is 0.160 e. The molecule has 0 bridgehead atoms. The molecule has 0 atom stereocenters. The van der Waals surface area contributed by atoms with Crippen molar-refractivity contribution in [3.05, 3.63) is 74.7 Å². The fraction of sp³-hybridized carbons (Fsp3) is 0.286. The average Bonchev–Trinajstić information content (AvgIpc) is 3.04. The highest BCUT2D eigenvalue weighted by molar-refractivity contribution is 7.15. The maximum atomic E-state index is 6.03. The molecule has 0 aliphatic carbocycles. The Bertz CT molecular complexity index is 1020. The molecule has 0 fully saturated rings. The molecule has 4 nitrogen and oxygen atoms in total. The minimum Gasteiger partial charge on any atom is -0.276 e. The van der Waals surface area contributed by atoms with Gasteiger partial charge in [0.25, 0.3) is 0 Å². The van der Waals surface area contributed by atoms with Crippen molar-refractivity contribution >= 4 is 28.6 Å². The minimum absolute atomic E-state index is 0.526. The first-order valence-electron chi connectivity index (χ1n) is 8.73. The molecule has 0 amide bonds. The minimum atomic E-state index is 0.526. The Morgan fingerprint density at radius 2 is 1.74 bits per heavy atom. The third-order valence-corrected chi connectivity index (χ3v) is 5.64. The summed E-state index contributed by atoms with van der Waals surface area (Å²) >= 11 is 7.80. The largest absolute Gasteiger partial charge is 0.276 e. The van der Waals surface area contributed by atoms with Gasteiger partial charge in [-0.2, -0.15) is 0 Å². The maximum absolute atomic E-state index is 6.03. The van der Waals surface area contributed by atoms with E-state index in [1.165, 1.54) is 21.6 Å². The van der Waals surface area contributed by atoms with E-state index in [0.717, 1.165) is 32.9 Å². The number of halogens is 1. The number of aromatic nitrogens is 3. The van der Waals surface area contributed by atoms with Gasteiger partial charge in [-0.25, -0.2) is 0 Å². The Morgan fingerprint density at radius 3 is 2.37 bits per heavy atom. The van der Waals surface area contributed by atoms with Crippen LogP contribution in [0.3, 0.4) is 0 Å². The Morgan fingerprint density at radius 1 is 1.11 bits per heavy atom. The summed E-state index contributed by atoms with van der Waals surface area (Å²) in [5.74, 6) is 1.78. The molecular weight excluding hydrogens is 376 g/mol. The van der Waals surface area contributed by atoms with Gasteiger partial charge in [-0.05, 0) is 52.3 Å². The van der Waals surface area contributed by atoms with E-state index < -0.39 is 0 Å². The molecule has 6 heteroatoms. The quantitative estimate of drug-likeness (QED) is 0.483. The number of allylic oxidation sites excluding steroid dienone is 1. The van der Waals surface area contributed by atoms with Crippen LogP contribution in [0.25, 0.3) is 5.00 Å². The Kier molecular flexibility index (Phi) is 5.63. The summed E-state index contributed by atoms with van der Waals surface area (Å²) in [7, 11) is 0. The van der Waals surface area contributed by atoms with E-state index in [4.69, 9.17) is 16.6 Å². The second kappa shape index (κ2) is 7.79. The summed E-state index contributed by atoms with van der Waals surface area (Å²) in [6, 6.07) is 7.86. The number of thiophene rings is 1. The first-order valence-corrected chi connectivity index (χ1v) is 9.93. The van der Waals surface area contributed by atoms with Gasteiger partial charge in [0.2, 0.25) is 0 Å². The van der Waals surface area contributed by atoms with E-state index in [0.29, 0.717) is 6.54 Å². The first kappa shape index (κ1) is 19.5. The number of aliphatic imine (C=N–C) groups is 1. The highest BCUT2D eigenvalue weighted by Gasteiger charge is 2.26. The summed E-state index contributed by atoms with van der Waals surface area (Å²) in [4.78, 5) is 6.14. The fourth-order valence-corrected chi connectivity index (χ4v) is 4.24. The molecule has 27 heavy (non-hydrogen) atoms. The van der Waals surface area contributed by atoms with Crippen LogP contribution < -0.4 is 0 Å². The molecule has 0 radical (unpaired) electrons. The van der Waals surface area contributed by atoms with Crippen molar-refractivity contribution in [1.29, 1.82) is 0 Å². The molecule has 3 aromatic rings. The van der Waals surface area contributed by atoms with Gasteiger partial charge in [-0.1, -0.05) is 29.3 Å². The Balaban J connectivity index is 0.000000481. The van der Waals surface area contributed by atoms with Crippen molar-refractivity contribution in [2.24, 2.45) is 4.99 Å². The van der Waals surface area contributed by atoms with Crippen LogP contribution in [0.1, 0.15) is 47.1 Å². The van der Waals surface area contributed by atoms with Crippen LogP contribution in [-0.4, -0.2) is 20.5 Å². The number of nitrogens with zero attached hydrogens (tertiary/aromatic N) is 4. The van der Waals surface area contributed by atoms with Gasteiger partial charge in [0, 0.05) is 21.0 Å². The van der Waals surface area contributed by atoms with Gasteiger partial charge in [-0.15, -0.1) is 28.1 Å². The van der Waals surface area contributed by atoms with Crippen molar-refractivity contribution in [3.63, 3.8) is 0 Å². The van der Waals surface area contributed by atoms with Gasteiger partial charge >= 0.3 is 0 Å². The number of rotatable bonds is 1. The summed E-state index contributed by atoms with van der Waals surface area (Å²) in [5, 5.41) is 10.4. The lowest BCUT2D eigenvalue weighted by Crippen LogP contribution is -2.07. The second-order valence-corrected chi connectivity index (χ2v) is 8.48. The molecule has 2 aromatic heterocycles. The Hall–Kier alpha value is -2.24. The SMILES string of the molecule is C=C(C)C.Cc1sc2c(c1C)C(c1ccc(Cl)cc1)=NCc1nnc(C)n1-2. The predicted octanol–water partition coefficient (Wildman–Crippen LogP) is 5.84. The molecule has 0 saturated carbocycles. The van der Waals surface area contributed by atoms with Gasteiger partial charge in [0.1, 0.15) is 17.4 Å². The van der Waals surface area contributed by atoms with Gasteiger partial charge in [0.05, 0.1) is 5.71 Å². The molecule has 0 N–H and O–H groups in total. The second-order valence-electron chi connectivity index (χ2n) is 6.84. The molecule has 1 aromatic carbocycles. The van der Waals surface area contributed by atoms with Gasteiger partial charge in [-0.3, -0.25) is 9.56 Å². The van der Waals surface area contributed by atoms with E-state index in [1.54, 1.807) is 11.3 Å². The third-order valence-electron chi connectivity index (χ3n) is 4.19. The van der Waals surface area contributed by atoms with Crippen LogP contribution in [0.2, 0.25) is 5.02 Å². The van der Waals surface area contributed by atoms with E-state index in [9.17, 15) is 0 Å². The van der Waals surface area contributed by atoms with E-state index in [2.05, 4.69) is 35.2 Å². The van der Waals surface area contributed by atoms with Crippen LogP contribution in [-0.2, 0) is 6.54 Å². The van der Waals surface area contributed by atoms with Crippen LogP contribution >= 0.6 is 22.9 Å². The number of hydrogen-bond acceptors (Lipinski definition) is 4. The number of hydrogen-bond donors (Lipinski definition) is 0. The van der Waals surface area contributed by atoms with Gasteiger partial charge in [0.15, 0.2) is 5.82 Å². The zero-order valence-electron chi connectivity index (χ0n) is 16.3. The average molecular weight is 399 g/mol. The summed E-state index contributed by atoms with van der Waals surface area (Å²) in [6.45, 7) is 14.3. The molecule has 0 saturated heterocycles. The molecule has 4 rings (SSSR count). The van der Waals surface area contributed by atoms with Crippen LogP contribution in [0.4, 0.5) is 0 Å². The monoisotopic (exact) mass is 398 g/mol. The third kappa shape index (κ3) is 3.89. The van der Waals surface area contributed by atoms with Crippen molar-refractivity contribution < 1.29 is 0 Å². The standard InChI is InChI=1S/C17H15ClN4S.C4H8/c1-9-10(2)23-17-15(9)16(12-4-6-13(18)7-5-12)19-8-14-21-20-11(3)22(14)17;1-4(2)3/h4-7H,8H2,1-3H3;1H2,2-3H3. The zero-order valence-corrected chi connectivity index (χ0v) is 17.9. The molecular formula is C21H23ClN4S. The van der Waals surface area contributed by atoms with Crippen molar-refractivity contribution in [2.75, 3.05) is 0 Å². The lowest BCUT2D eigenvalue weighted by molar-refractivity contribution is 0.869. The normalized spacial score (nSPS) is 12.3. The molecule has 3 heterocycles. The molecule has 1 aliphatic heterocycles. The zero-order chi connectivity index (χ0) is 19.7. The number of aryl methyl sites for hydroxylation is 2. The molecule has 0 spiro atoms. The summed E-state index contributed by atoms with van der Waals surface area (Å²) in [5.41, 5.74) is 5.69. The van der Waals surface area contributed by atoms with E-state index in [1.807, 2.05) is 45.0 Å². The topological polar surface area (TPSA) is 43.1 Å². The van der Waals surface area contributed by atoms with Crippen LogP contribution in [0, 0.1) is 20.8 Å². The first-order chi connectivity index (χ1) is 12.8. The number of benzene rings is 1. The van der Waals surface area contributed by atoms with Gasteiger partial charge < -0.3 is 0 Å². The molecule has 140 valence electrons. The molecule has 0 unspecified atom stereocenters. The fourth-order valence-electron chi connectivity index (χ4n) is 2.89. The van der Waals surface area contributed by atoms with Crippen LogP contribution in [0.5, 0.6) is 0 Å². The predicted molar refractivity (Wildman–Crippen MR) is 115 cm³/mol. The summed E-state index contributed by atoms with van der Waals surface area (Å²) in [6.07, 6.45) is 0. The molecule has 1 aliphatic rings. The highest BCUT2D eigenvalue weighted by Crippen LogP contribution is 2.36. The van der Waals surface area contributed by atoms with Crippen molar-refractivity contribution in [3.8, 4) is 5.00 Å². The van der Waals surface area contributed by atoms with Crippen molar-refractivity contribution in [2.45, 2.75) is 41.2 Å². The van der Waals surface area contributed by atoms with E-state index >= 15 is 0 Å². The number of fused-ring (bicyclic) bond motifs is 3. The summed E-state index contributed by atoms with van der Waals surface area (Å²) < 4.78 is 2.13. The van der Waals surface area contributed by atoms with E-state index in [-0.39, 0.29) is 0 Å². The lowest BCUT2D eigenvalue weighted by Gasteiger charge is -2.09. The highest BCUT2D eigenvalue weighted by atomic mass is 35.5. The lowest BCUT2D eigenvalue weighted by atomic mass is 10.00.